The minimum absolute atomic E-state index is 0.106. The van der Waals surface area contributed by atoms with Crippen LogP contribution in [0.15, 0.2) is 18.2 Å². The summed E-state index contributed by atoms with van der Waals surface area (Å²) in [6, 6.07) is 5.18. The molecule has 78 valence electrons. The highest BCUT2D eigenvalue weighted by Gasteiger charge is 2.21. The van der Waals surface area contributed by atoms with Gasteiger partial charge in [-0.15, -0.1) is 0 Å². The Kier molecular flexibility index (Phi) is 2.19. The Morgan fingerprint density at radius 2 is 2.13 bits per heavy atom. The second-order valence-corrected chi connectivity index (χ2v) is 3.66. The maximum Gasteiger partial charge on any atom is 0.248 e. The number of nitrogens with zero attached hydrogens (tertiary/aromatic N) is 1. The molecule has 2 rings (SSSR count). The van der Waals surface area contributed by atoms with Gasteiger partial charge in [-0.05, 0) is 30.2 Å². The summed E-state index contributed by atoms with van der Waals surface area (Å²) in [6.07, 6.45) is 1.17. The Morgan fingerprint density at radius 3 is 2.80 bits per heavy atom. The lowest BCUT2D eigenvalue weighted by Crippen LogP contribution is -2.31. The zero-order valence-electron chi connectivity index (χ0n) is 8.49. The molecule has 4 nitrogen and oxygen atoms in total. The van der Waals surface area contributed by atoms with Crippen LogP contribution in [0.2, 0.25) is 0 Å². The monoisotopic (exact) mass is 204 g/mol. The van der Waals surface area contributed by atoms with Crippen LogP contribution in [-0.2, 0) is 11.2 Å². The SMILES string of the molecule is CN1C(=O)CCc2cc(C(N)=O)ccc21. The lowest BCUT2D eigenvalue weighted by molar-refractivity contribution is -0.118. The summed E-state index contributed by atoms with van der Waals surface area (Å²) >= 11 is 0. The Balaban J connectivity index is 2.47. The van der Waals surface area contributed by atoms with Crippen LogP contribution >= 0.6 is 0 Å². The number of rotatable bonds is 1. The molecule has 0 aliphatic carbocycles. The van der Waals surface area contributed by atoms with Crippen molar-refractivity contribution in [3.8, 4) is 0 Å². The lowest BCUT2D eigenvalue weighted by Gasteiger charge is -2.25. The van der Waals surface area contributed by atoms with E-state index in [4.69, 9.17) is 5.73 Å². The van der Waals surface area contributed by atoms with Gasteiger partial charge in [0, 0.05) is 24.7 Å². The summed E-state index contributed by atoms with van der Waals surface area (Å²) in [5.41, 5.74) is 7.57. The topological polar surface area (TPSA) is 63.4 Å². The summed E-state index contributed by atoms with van der Waals surface area (Å²) in [4.78, 5) is 24.0. The number of fused-ring (bicyclic) bond motifs is 1. The van der Waals surface area contributed by atoms with E-state index in [9.17, 15) is 9.59 Å². The zero-order chi connectivity index (χ0) is 11.0. The Hall–Kier alpha value is -1.84. The van der Waals surface area contributed by atoms with Gasteiger partial charge in [-0.3, -0.25) is 9.59 Å². The maximum absolute atomic E-state index is 11.4. The normalized spacial score (nSPS) is 15.0. The first-order valence-electron chi connectivity index (χ1n) is 4.79. The van der Waals surface area contributed by atoms with Crippen LogP contribution in [0.3, 0.4) is 0 Å². The van der Waals surface area contributed by atoms with Gasteiger partial charge < -0.3 is 10.6 Å². The summed E-state index contributed by atoms with van der Waals surface area (Å²) in [5, 5.41) is 0. The van der Waals surface area contributed by atoms with E-state index in [0.717, 1.165) is 11.3 Å². The molecule has 0 aromatic heterocycles. The zero-order valence-corrected chi connectivity index (χ0v) is 8.49. The van der Waals surface area contributed by atoms with Gasteiger partial charge in [-0.25, -0.2) is 0 Å². The largest absolute Gasteiger partial charge is 0.366 e. The molecule has 0 atom stereocenters. The van der Waals surface area contributed by atoms with Crippen molar-refractivity contribution in [2.45, 2.75) is 12.8 Å². The van der Waals surface area contributed by atoms with Crippen molar-refractivity contribution in [2.24, 2.45) is 5.73 Å². The minimum Gasteiger partial charge on any atom is -0.366 e. The number of nitrogens with two attached hydrogens (primary N) is 1. The van der Waals surface area contributed by atoms with Crippen LogP contribution in [-0.4, -0.2) is 18.9 Å². The molecule has 0 saturated heterocycles. The number of anilines is 1. The van der Waals surface area contributed by atoms with E-state index in [1.54, 1.807) is 30.1 Å². The molecule has 2 N–H and O–H groups in total. The molecule has 0 fully saturated rings. The molecule has 1 heterocycles. The van der Waals surface area contributed by atoms with E-state index in [2.05, 4.69) is 0 Å². The summed E-state index contributed by atoms with van der Waals surface area (Å²) in [5.74, 6) is -0.327. The van der Waals surface area contributed by atoms with Gasteiger partial charge >= 0.3 is 0 Å². The lowest BCUT2D eigenvalue weighted by atomic mass is 9.99. The number of carbonyl (C=O) groups excluding carboxylic acids is 2. The predicted molar refractivity (Wildman–Crippen MR) is 56.7 cm³/mol. The Labute approximate surface area is 87.7 Å². The van der Waals surface area contributed by atoms with Gasteiger partial charge in [0.15, 0.2) is 0 Å². The fourth-order valence-electron chi connectivity index (χ4n) is 1.81. The summed E-state index contributed by atoms with van der Waals surface area (Å²) in [7, 11) is 1.74. The van der Waals surface area contributed by atoms with E-state index in [0.29, 0.717) is 18.4 Å². The Morgan fingerprint density at radius 1 is 1.40 bits per heavy atom. The fraction of sp³-hybridized carbons (Fsp3) is 0.273. The van der Waals surface area contributed by atoms with E-state index >= 15 is 0 Å². The van der Waals surface area contributed by atoms with Crippen molar-refractivity contribution in [1.82, 2.24) is 0 Å². The number of benzene rings is 1. The van der Waals surface area contributed by atoms with Gasteiger partial charge in [-0.2, -0.15) is 0 Å². The third-order valence-electron chi connectivity index (χ3n) is 2.71. The van der Waals surface area contributed by atoms with Crippen LogP contribution in [0, 0.1) is 0 Å². The highest BCUT2D eigenvalue weighted by Crippen LogP contribution is 2.27. The first kappa shape index (κ1) is 9.71. The van der Waals surface area contributed by atoms with Crippen molar-refractivity contribution < 1.29 is 9.59 Å². The van der Waals surface area contributed by atoms with Crippen molar-refractivity contribution in [3.63, 3.8) is 0 Å². The van der Waals surface area contributed by atoms with Crippen LogP contribution in [0.25, 0.3) is 0 Å². The standard InChI is InChI=1S/C11H12N2O2/c1-13-9-4-2-8(11(12)15)6-7(9)3-5-10(13)14/h2,4,6H,3,5H2,1H3,(H2,12,15). The number of hydrogen-bond acceptors (Lipinski definition) is 2. The van der Waals surface area contributed by atoms with Gasteiger partial charge in [0.2, 0.25) is 11.8 Å². The molecule has 0 unspecified atom stereocenters. The van der Waals surface area contributed by atoms with E-state index in [-0.39, 0.29) is 5.91 Å². The molecular weight excluding hydrogens is 192 g/mol. The van der Waals surface area contributed by atoms with E-state index in [1.807, 2.05) is 0 Å². The van der Waals surface area contributed by atoms with Crippen molar-refractivity contribution in [3.05, 3.63) is 29.3 Å². The molecule has 1 aliphatic rings. The number of primary amides is 1. The van der Waals surface area contributed by atoms with Crippen LogP contribution in [0.1, 0.15) is 22.3 Å². The third-order valence-corrected chi connectivity index (χ3v) is 2.71. The van der Waals surface area contributed by atoms with Crippen LogP contribution in [0.5, 0.6) is 0 Å². The van der Waals surface area contributed by atoms with Crippen LogP contribution in [0.4, 0.5) is 5.69 Å². The van der Waals surface area contributed by atoms with Crippen LogP contribution < -0.4 is 10.6 Å². The highest BCUT2D eigenvalue weighted by atomic mass is 16.2. The molecule has 4 heteroatoms. The molecule has 1 aliphatic heterocycles. The maximum atomic E-state index is 11.4. The summed E-state index contributed by atoms with van der Waals surface area (Å²) < 4.78 is 0. The fourth-order valence-corrected chi connectivity index (χ4v) is 1.81. The molecule has 1 aromatic rings. The predicted octanol–water partition coefficient (Wildman–Crippen LogP) is 0.695. The van der Waals surface area contributed by atoms with Gasteiger partial charge in [0.05, 0.1) is 0 Å². The average molecular weight is 204 g/mol. The van der Waals surface area contributed by atoms with Gasteiger partial charge in [-0.1, -0.05) is 0 Å². The number of aryl methyl sites for hydroxylation is 1. The molecule has 0 spiro atoms. The van der Waals surface area contributed by atoms with Gasteiger partial charge in [0.1, 0.15) is 0 Å². The Bertz CT molecular complexity index is 440. The number of hydrogen-bond donors (Lipinski definition) is 1. The first-order valence-corrected chi connectivity index (χ1v) is 4.79. The highest BCUT2D eigenvalue weighted by molar-refractivity contribution is 5.98. The molecule has 0 radical (unpaired) electrons. The minimum atomic E-state index is -0.433. The molecule has 0 saturated carbocycles. The van der Waals surface area contributed by atoms with Gasteiger partial charge in [0.25, 0.3) is 0 Å². The first-order chi connectivity index (χ1) is 7.09. The summed E-state index contributed by atoms with van der Waals surface area (Å²) in [6.45, 7) is 0. The molecule has 2 amide bonds. The van der Waals surface area contributed by atoms with Crippen molar-refractivity contribution >= 4 is 17.5 Å². The number of carbonyl (C=O) groups is 2. The smallest absolute Gasteiger partial charge is 0.248 e. The average Bonchev–Trinajstić information content (AvgIpc) is 2.23. The van der Waals surface area contributed by atoms with Crippen molar-refractivity contribution in [2.75, 3.05) is 11.9 Å². The second kappa shape index (κ2) is 3.38. The van der Waals surface area contributed by atoms with E-state index in [1.165, 1.54) is 0 Å². The molecule has 1 aromatic carbocycles. The second-order valence-electron chi connectivity index (χ2n) is 3.66. The van der Waals surface area contributed by atoms with E-state index < -0.39 is 5.91 Å². The third kappa shape index (κ3) is 1.58. The number of amides is 2. The molecular formula is C11H12N2O2. The molecule has 15 heavy (non-hydrogen) atoms. The van der Waals surface area contributed by atoms with Crippen molar-refractivity contribution in [1.29, 1.82) is 0 Å². The quantitative estimate of drug-likeness (QED) is 0.731. The molecule has 0 bridgehead atoms.